The fraction of sp³-hybridized carbons (Fsp3) is 0.882. The van der Waals surface area contributed by atoms with Gasteiger partial charge in [-0.3, -0.25) is 0 Å². The van der Waals surface area contributed by atoms with E-state index in [0.717, 1.165) is 31.8 Å². The third-order valence-electron chi connectivity index (χ3n) is 4.09. The molecule has 2 atom stereocenters. The molecule has 118 valence electrons. The Labute approximate surface area is 124 Å². The predicted molar refractivity (Wildman–Crippen MR) is 84.5 cm³/mol. The normalized spacial score (nSPS) is 19.0. The van der Waals surface area contributed by atoms with Gasteiger partial charge in [0.25, 0.3) is 0 Å². The highest BCUT2D eigenvalue weighted by molar-refractivity contribution is 5.63. The summed E-state index contributed by atoms with van der Waals surface area (Å²) in [6.45, 7) is 14.5. The number of aldehydes is 2. The van der Waals surface area contributed by atoms with Gasteiger partial charge >= 0.3 is 0 Å². The number of hydrogen-bond donors (Lipinski definition) is 1. The number of rotatable bonds is 9. The van der Waals surface area contributed by atoms with E-state index in [2.05, 4.69) is 27.7 Å². The lowest BCUT2D eigenvalue weighted by atomic mass is 9.63. The van der Waals surface area contributed by atoms with Crippen molar-refractivity contribution in [1.82, 2.24) is 0 Å². The van der Waals surface area contributed by atoms with Gasteiger partial charge in [-0.1, -0.05) is 48.0 Å². The van der Waals surface area contributed by atoms with Gasteiger partial charge in [-0.15, -0.1) is 0 Å². The quantitative estimate of drug-likeness (QED) is 0.656. The Bertz CT molecular complexity index is 345. The lowest BCUT2D eigenvalue weighted by Gasteiger charge is -2.42. The molecule has 0 amide bonds. The van der Waals surface area contributed by atoms with Crippen molar-refractivity contribution in [2.45, 2.75) is 79.7 Å². The molecule has 0 aromatic rings. The second kappa shape index (κ2) is 6.38. The minimum absolute atomic E-state index is 0.0336. The molecule has 2 unspecified atom stereocenters. The monoisotopic (exact) mass is 283 g/mol. The zero-order valence-electron chi connectivity index (χ0n) is 14.4. The van der Waals surface area contributed by atoms with Crippen LogP contribution in [-0.2, 0) is 9.59 Å². The number of hydrogen-bond acceptors (Lipinski definition) is 3. The van der Waals surface area contributed by atoms with Crippen molar-refractivity contribution < 1.29 is 9.59 Å². The van der Waals surface area contributed by atoms with Gasteiger partial charge in [0.2, 0.25) is 0 Å². The molecule has 20 heavy (non-hydrogen) atoms. The molecule has 0 aromatic carbocycles. The van der Waals surface area contributed by atoms with E-state index in [4.69, 9.17) is 5.73 Å². The standard InChI is InChI=1S/C17H33NO2/c1-8-16(6,10-15(4,5)12-19)9-14(2,3)11-17(7,18)13-20/h12-13H,8-11,18H2,1-7H3. The molecule has 0 aliphatic heterocycles. The Balaban J connectivity index is 5.01. The lowest BCUT2D eigenvalue weighted by Crippen LogP contribution is -2.43. The molecule has 0 spiro atoms. The van der Waals surface area contributed by atoms with Crippen LogP contribution in [0.25, 0.3) is 0 Å². The van der Waals surface area contributed by atoms with Crippen LogP contribution in [0.2, 0.25) is 0 Å². The van der Waals surface area contributed by atoms with Crippen molar-refractivity contribution in [2.75, 3.05) is 0 Å². The largest absolute Gasteiger partial charge is 0.319 e. The summed E-state index contributed by atoms with van der Waals surface area (Å²) in [5.41, 5.74) is 4.95. The number of carbonyl (C=O) groups excluding carboxylic acids is 2. The van der Waals surface area contributed by atoms with Crippen LogP contribution in [0.15, 0.2) is 0 Å². The van der Waals surface area contributed by atoms with E-state index in [1.165, 1.54) is 0 Å². The lowest BCUT2D eigenvalue weighted by molar-refractivity contribution is -0.116. The Morgan fingerprint density at radius 2 is 1.35 bits per heavy atom. The van der Waals surface area contributed by atoms with Crippen LogP contribution in [0, 0.1) is 16.2 Å². The first-order valence-electron chi connectivity index (χ1n) is 7.52. The second-order valence-corrected chi connectivity index (χ2v) is 8.59. The fourth-order valence-electron chi connectivity index (χ4n) is 3.74. The maximum absolute atomic E-state index is 11.2. The molecule has 3 nitrogen and oxygen atoms in total. The van der Waals surface area contributed by atoms with Crippen molar-refractivity contribution in [3.8, 4) is 0 Å². The zero-order valence-corrected chi connectivity index (χ0v) is 14.4. The average molecular weight is 283 g/mol. The first-order valence-corrected chi connectivity index (χ1v) is 7.52. The summed E-state index contributed by atoms with van der Waals surface area (Å²) < 4.78 is 0. The van der Waals surface area contributed by atoms with Gasteiger partial charge in [0.15, 0.2) is 0 Å². The third kappa shape index (κ3) is 6.65. The van der Waals surface area contributed by atoms with E-state index < -0.39 is 5.54 Å². The molecule has 0 fully saturated rings. The predicted octanol–water partition coefficient (Wildman–Crippen LogP) is 3.74. The first-order chi connectivity index (χ1) is 8.80. The Kier molecular flexibility index (Phi) is 6.16. The van der Waals surface area contributed by atoms with Crippen LogP contribution in [0.1, 0.15) is 74.1 Å². The SMILES string of the molecule is CCC(C)(CC(C)(C)C=O)CC(C)(C)CC(C)(N)C=O. The molecule has 0 heterocycles. The molecule has 0 aliphatic rings. The highest BCUT2D eigenvalue weighted by Gasteiger charge is 2.38. The smallest absolute Gasteiger partial charge is 0.139 e. The molecule has 0 rings (SSSR count). The molecule has 0 bridgehead atoms. The van der Waals surface area contributed by atoms with Crippen molar-refractivity contribution in [3.63, 3.8) is 0 Å². The van der Waals surface area contributed by atoms with E-state index in [9.17, 15) is 9.59 Å². The van der Waals surface area contributed by atoms with E-state index in [1.54, 1.807) is 6.92 Å². The third-order valence-corrected chi connectivity index (χ3v) is 4.09. The molecular formula is C17H33NO2. The summed E-state index contributed by atoms with van der Waals surface area (Å²) in [6.07, 6.45) is 5.36. The molecule has 3 heteroatoms. The minimum atomic E-state index is -0.779. The maximum atomic E-state index is 11.2. The van der Waals surface area contributed by atoms with Crippen LogP contribution in [-0.4, -0.2) is 18.1 Å². The van der Waals surface area contributed by atoms with E-state index in [1.807, 2.05) is 13.8 Å². The minimum Gasteiger partial charge on any atom is -0.319 e. The van der Waals surface area contributed by atoms with Crippen LogP contribution >= 0.6 is 0 Å². The van der Waals surface area contributed by atoms with Gasteiger partial charge in [0.05, 0.1) is 5.54 Å². The van der Waals surface area contributed by atoms with Gasteiger partial charge in [0.1, 0.15) is 12.6 Å². The molecule has 0 saturated carbocycles. The van der Waals surface area contributed by atoms with E-state index >= 15 is 0 Å². The van der Waals surface area contributed by atoms with Gasteiger partial charge in [-0.2, -0.15) is 0 Å². The molecule has 0 aliphatic carbocycles. The van der Waals surface area contributed by atoms with Gasteiger partial charge in [-0.05, 0) is 37.0 Å². The van der Waals surface area contributed by atoms with E-state index in [-0.39, 0.29) is 16.2 Å². The maximum Gasteiger partial charge on any atom is 0.139 e. The highest BCUT2D eigenvalue weighted by Crippen LogP contribution is 2.46. The van der Waals surface area contributed by atoms with Gasteiger partial charge in [0, 0.05) is 5.41 Å². The molecule has 0 aromatic heterocycles. The molecule has 0 radical (unpaired) electrons. The highest BCUT2D eigenvalue weighted by atomic mass is 16.1. The number of nitrogens with two attached hydrogens (primary N) is 1. The van der Waals surface area contributed by atoms with Crippen LogP contribution in [0.5, 0.6) is 0 Å². The Morgan fingerprint density at radius 1 is 0.850 bits per heavy atom. The number of carbonyl (C=O) groups is 2. The average Bonchev–Trinajstić information content (AvgIpc) is 2.26. The van der Waals surface area contributed by atoms with Crippen molar-refractivity contribution >= 4 is 12.6 Å². The van der Waals surface area contributed by atoms with Crippen molar-refractivity contribution in [1.29, 1.82) is 0 Å². The zero-order chi connectivity index (χ0) is 16.2. The Morgan fingerprint density at radius 3 is 1.70 bits per heavy atom. The van der Waals surface area contributed by atoms with Crippen LogP contribution < -0.4 is 5.73 Å². The van der Waals surface area contributed by atoms with Gasteiger partial charge in [-0.25, -0.2) is 0 Å². The summed E-state index contributed by atoms with van der Waals surface area (Å²) in [7, 11) is 0. The van der Waals surface area contributed by atoms with Gasteiger partial charge < -0.3 is 15.3 Å². The van der Waals surface area contributed by atoms with Crippen molar-refractivity contribution in [3.05, 3.63) is 0 Å². The fourth-order valence-corrected chi connectivity index (χ4v) is 3.74. The Hall–Kier alpha value is -0.700. The molecule has 2 N–H and O–H groups in total. The summed E-state index contributed by atoms with van der Waals surface area (Å²) in [5, 5.41) is 0. The van der Waals surface area contributed by atoms with Crippen LogP contribution in [0.4, 0.5) is 0 Å². The topological polar surface area (TPSA) is 60.2 Å². The van der Waals surface area contributed by atoms with Crippen molar-refractivity contribution in [2.24, 2.45) is 22.0 Å². The summed E-state index contributed by atoms with van der Waals surface area (Å²) >= 11 is 0. The summed E-state index contributed by atoms with van der Waals surface area (Å²) in [4.78, 5) is 22.2. The summed E-state index contributed by atoms with van der Waals surface area (Å²) in [6, 6.07) is 0. The molecule has 0 saturated heterocycles. The van der Waals surface area contributed by atoms with E-state index in [0.29, 0.717) is 6.42 Å². The second-order valence-electron chi connectivity index (χ2n) is 8.59. The summed E-state index contributed by atoms with van der Waals surface area (Å²) in [5.74, 6) is 0. The van der Waals surface area contributed by atoms with Crippen LogP contribution in [0.3, 0.4) is 0 Å². The molecular weight excluding hydrogens is 250 g/mol. The first kappa shape index (κ1) is 19.3.